The Hall–Kier alpha value is -2.95. The number of carbonyl (C=O) groups is 1. The molecular weight excluding hydrogens is 300 g/mol. The number of aromatic nitrogens is 3. The average molecular weight is 320 g/mol. The van der Waals surface area contributed by atoms with Gasteiger partial charge in [-0.3, -0.25) is 9.78 Å². The first kappa shape index (κ1) is 15.9. The fourth-order valence-electron chi connectivity index (χ4n) is 2.51. The molecule has 5 nitrogen and oxygen atoms in total. The molecule has 0 fully saturated rings. The van der Waals surface area contributed by atoms with Crippen LogP contribution in [0.3, 0.4) is 0 Å². The van der Waals surface area contributed by atoms with E-state index in [0.29, 0.717) is 13.0 Å². The van der Waals surface area contributed by atoms with Crippen molar-refractivity contribution in [3.63, 3.8) is 0 Å². The van der Waals surface area contributed by atoms with E-state index in [-0.39, 0.29) is 5.91 Å². The van der Waals surface area contributed by atoms with E-state index >= 15 is 0 Å². The van der Waals surface area contributed by atoms with E-state index in [1.54, 1.807) is 12.4 Å². The van der Waals surface area contributed by atoms with E-state index in [9.17, 15) is 4.79 Å². The summed E-state index contributed by atoms with van der Waals surface area (Å²) in [5, 5.41) is 7.68. The molecule has 0 saturated heterocycles. The van der Waals surface area contributed by atoms with Crippen molar-refractivity contribution < 1.29 is 4.79 Å². The van der Waals surface area contributed by atoms with Crippen LogP contribution in [0.2, 0.25) is 0 Å². The number of pyridine rings is 1. The van der Waals surface area contributed by atoms with Crippen LogP contribution in [0.1, 0.15) is 25.3 Å². The molecule has 3 rings (SSSR count). The number of benzene rings is 1. The third-order valence-electron chi connectivity index (χ3n) is 3.72. The van der Waals surface area contributed by atoms with Crippen LogP contribution >= 0.6 is 0 Å². The fourth-order valence-corrected chi connectivity index (χ4v) is 2.51. The van der Waals surface area contributed by atoms with E-state index in [2.05, 4.69) is 10.3 Å². The molecule has 0 radical (unpaired) electrons. The number of amides is 1. The molecule has 0 aliphatic rings. The summed E-state index contributed by atoms with van der Waals surface area (Å²) >= 11 is 0. The smallest absolute Gasteiger partial charge is 0.220 e. The van der Waals surface area contributed by atoms with E-state index in [1.807, 2.05) is 60.3 Å². The highest BCUT2D eigenvalue weighted by Crippen LogP contribution is 2.23. The number of nitrogens with one attached hydrogen (secondary N) is 1. The Balaban J connectivity index is 1.93. The monoisotopic (exact) mass is 320 g/mol. The summed E-state index contributed by atoms with van der Waals surface area (Å²) in [5.41, 5.74) is 3.81. The summed E-state index contributed by atoms with van der Waals surface area (Å²) < 4.78 is 1.84. The Morgan fingerprint density at radius 2 is 1.88 bits per heavy atom. The number of hydrogen-bond donors (Lipinski definition) is 1. The molecule has 0 spiro atoms. The zero-order chi connectivity index (χ0) is 16.8. The maximum atomic E-state index is 11.8. The number of para-hydroxylation sites is 1. The minimum absolute atomic E-state index is 0.0608. The van der Waals surface area contributed by atoms with Gasteiger partial charge in [-0.2, -0.15) is 5.10 Å². The largest absolute Gasteiger partial charge is 0.352 e. The lowest BCUT2D eigenvalue weighted by Crippen LogP contribution is -2.22. The normalized spacial score (nSPS) is 10.5. The second kappa shape index (κ2) is 7.55. The van der Waals surface area contributed by atoms with Crippen LogP contribution in [0.5, 0.6) is 0 Å². The molecular formula is C19H20N4O. The van der Waals surface area contributed by atoms with Gasteiger partial charge < -0.3 is 5.32 Å². The lowest BCUT2D eigenvalue weighted by atomic mass is 10.1. The Morgan fingerprint density at radius 3 is 2.58 bits per heavy atom. The molecule has 0 unspecified atom stereocenters. The van der Waals surface area contributed by atoms with Crippen LogP contribution in [0.25, 0.3) is 16.9 Å². The minimum Gasteiger partial charge on any atom is -0.352 e. The van der Waals surface area contributed by atoms with Crippen molar-refractivity contribution in [3.8, 4) is 16.9 Å². The van der Waals surface area contributed by atoms with Crippen LogP contribution in [0.4, 0.5) is 0 Å². The maximum Gasteiger partial charge on any atom is 0.220 e. The first-order valence-corrected chi connectivity index (χ1v) is 8.09. The summed E-state index contributed by atoms with van der Waals surface area (Å²) in [6.07, 6.45) is 6.84. The van der Waals surface area contributed by atoms with Crippen LogP contribution in [0.15, 0.2) is 61.1 Å². The van der Waals surface area contributed by atoms with Crippen molar-refractivity contribution in [2.75, 3.05) is 0 Å². The lowest BCUT2D eigenvalue weighted by Gasteiger charge is -2.04. The first-order valence-electron chi connectivity index (χ1n) is 8.09. The van der Waals surface area contributed by atoms with E-state index in [0.717, 1.165) is 28.9 Å². The summed E-state index contributed by atoms with van der Waals surface area (Å²) in [4.78, 5) is 15.9. The van der Waals surface area contributed by atoms with Gasteiger partial charge >= 0.3 is 0 Å². The molecule has 24 heavy (non-hydrogen) atoms. The second-order valence-corrected chi connectivity index (χ2v) is 5.55. The van der Waals surface area contributed by atoms with Crippen molar-refractivity contribution in [1.82, 2.24) is 20.1 Å². The predicted octanol–water partition coefficient (Wildman–Crippen LogP) is 3.35. The van der Waals surface area contributed by atoms with Gasteiger partial charge in [0.2, 0.25) is 5.91 Å². The Bertz CT molecular complexity index is 797. The van der Waals surface area contributed by atoms with Crippen LogP contribution in [-0.2, 0) is 11.3 Å². The topological polar surface area (TPSA) is 59.8 Å². The van der Waals surface area contributed by atoms with Crippen molar-refractivity contribution in [2.24, 2.45) is 0 Å². The highest BCUT2D eigenvalue weighted by Gasteiger charge is 2.13. The van der Waals surface area contributed by atoms with E-state index < -0.39 is 0 Å². The summed E-state index contributed by atoms with van der Waals surface area (Å²) in [6.45, 7) is 2.46. The molecule has 0 saturated carbocycles. The molecule has 1 N–H and O–H groups in total. The Labute approximate surface area is 141 Å². The summed E-state index contributed by atoms with van der Waals surface area (Å²) in [5.74, 6) is 0.0608. The number of hydrogen-bond acceptors (Lipinski definition) is 3. The molecule has 122 valence electrons. The third kappa shape index (κ3) is 3.68. The van der Waals surface area contributed by atoms with Gasteiger partial charge in [0.15, 0.2) is 0 Å². The van der Waals surface area contributed by atoms with Crippen molar-refractivity contribution >= 4 is 5.91 Å². The van der Waals surface area contributed by atoms with Gasteiger partial charge in [-0.25, -0.2) is 4.68 Å². The first-order chi connectivity index (χ1) is 11.8. The predicted molar refractivity (Wildman–Crippen MR) is 93.5 cm³/mol. The molecule has 0 aliphatic heterocycles. The molecule has 2 aromatic heterocycles. The van der Waals surface area contributed by atoms with Crippen LogP contribution < -0.4 is 5.32 Å². The molecule has 0 atom stereocenters. The van der Waals surface area contributed by atoms with Gasteiger partial charge in [-0.1, -0.05) is 25.1 Å². The Kier molecular flexibility index (Phi) is 5.01. The quantitative estimate of drug-likeness (QED) is 0.757. The van der Waals surface area contributed by atoms with E-state index in [4.69, 9.17) is 5.10 Å². The summed E-state index contributed by atoms with van der Waals surface area (Å²) in [6, 6.07) is 13.8. The zero-order valence-corrected chi connectivity index (χ0v) is 13.6. The SMILES string of the molecule is CCCC(=O)NCc1cn(-c2ccccc2)nc1-c1ccncc1. The van der Waals surface area contributed by atoms with Crippen LogP contribution in [0, 0.1) is 0 Å². The number of carbonyl (C=O) groups excluding carboxylic acids is 1. The fraction of sp³-hybridized carbons (Fsp3) is 0.211. The van der Waals surface area contributed by atoms with Gasteiger partial charge in [-0.15, -0.1) is 0 Å². The van der Waals surface area contributed by atoms with Crippen molar-refractivity contribution in [1.29, 1.82) is 0 Å². The third-order valence-corrected chi connectivity index (χ3v) is 3.72. The average Bonchev–Trinajstić information content (AvgIpc) is 3.06. The van der Waals surface area contributed by atoms with Gasteiger partial charge in [0.1, 0.15) is 0 Å². The summed E-state index contributed by atoms with van der Waals surface area (Å²) in [7, 11) is 0. The van der Waals surface area contributed by atoms with E-state index in [1.165, 1.54) is 0 Å². The van der Waals surface area contributed by atoms with Gasteiger partial charge in [0.25, 0.3) is 0 Å². The lowest BCUT2D eigenvalue weighted by molar-refractivity contribution is -0.121. The highest BCUT2D eigenvalue weighted by atomic mass is 16.1. The van der Waals surface area contributed by atoms with Gasteiger partial charge in [0, 0.05) is 42.7 Å². The van der Waals surface area contributed by atoms with Gasteiger partial charge in [-0.05, 0) is 30.7 Å². The zero-order valence-electron chi connectivity index (χ0n) is 13.6. The van der Waals surface area contributed by atoms with Gasteiger partial charge in [0.05, 0.1) is 11.4 Å². The van der Waals surface area contributed by atoms with Crippen molar-refractivity contribution in [2.45, 2.75) is 26.3 Å². The Morgan fingerprint density at radius 1 is 1.12 bits per heavy atom. The molecule has 3 aromatic rings. The second-order valence-electron chi connectivity index (χ2n) is 5.55. The minimum atomic E-state index is 0.0608. The highest BCUT2D eigenvalue weighted by molar-refractivity contribution is 5.76. The molecule has 1 amide bonds. The maximum absolute atomic E-state index is 11.8. The molecule has 0 aliphatic carbocycles. The standard InChI is InChI=1S/C19H20N4O/c1-2-6-18(24)21-13-16-14-23(17-7-4-3-5-8-17)22-19(16)15-9-11-20-12-10-15/h3-5,7-12,14H,2,6,13H2,1H3,(H,21,24). The number of rotatable bonds is 6. The number of nitrogens with zero attached hydrogens (tertiary/aromatic N) is 3. The van der Waals surface area contributed by atoms with Crippen LogP contribution in [-0.4, -0.2) is 20.7 Å². The van der Waals surface area contributed by atoms with Crippen molar-refractivity contribution in [3.05, 3.63) is 66.6 Å². The molecule has 1 aromatic carbocycles. The molecule has 2 heterocycles. The molecule has 5 heteroatoms. The molecule has 0 bridgehead atoms.